The second-order valence-corrected chi connectivity index (χ2v) is 3.32. The van der Waals surface area contributed by atoms with Crippen LogP contribution in [0.3, 0.4) is 0 Å². The Morgan fingerprint density at radius 1 is 1.19 bits per heavy atom. The van der Waals surface area contributed by atoms with E-state index in [1.54, 1.807) is 0 Å². The van der Waals surface area contributed by atoms with Crippen LogP contribution in [0.1, 0.15) is 12.8 Å². The van der Waals surface area contributed by atoms with E-state index in [0.29, 0.717) is 26.1 Å². The van der Waals surface area contributed by atoms with Crippen molar-refractivity contribution in [2.75, 3.05) is 20.3 Å². The first-order chi connectivity index (χ1) is 7.65. The van der Waals surface area contributed by atoms with Crippen LogP contribution in [0.25, 0.3) is 0 Å². The summed E-state index contributed by atoms with van der Waals surface area (Å²) in [5.41, 5.74) is 4.15. The SMILES string of the molecule is COC(=O)C(=O)NNC(=O)C1CCOCC1. The van der Waals surface area contributed by atoms with Gasteiger partial charge in [0.1, 0.15) is 0 Å². The molecular formula is C9H14N2O5. The van der Waals surface area contributed by atoms with Gasteiger partial charge in [-0.1, -0.05) is 0 Å². The second kappa shape index (κ2) is 6.06. The molecule has 0 aromatic carbocycles. The number of hydrogen-bond donors (Lipinski definition) is 2. The Morgan fingerprint density at radius 3 is 2.38 bits per heavy atom. The highest BCUT2D eigenvalue weighted by Gasteiger charge is 2.22. The Balaban J connectivity index is 2.28. The fraction of sp³-hybridized carbons (Fsp3) is 0.667. The number of esters is 1. The minimum absolute atomic E-state index is 0.188. The van der Waals surface area contributed by atoms with E-state index in [1.165, 1.54) is 0 Å². The molecule has 0 unspecified atom stereocenters. The van der Waals surface area contributed by atoms with Crippen LogP contribution in [0, 0.1) is 5.92 Å². The van der Waals surface area contributed by atoms with E-state index in [4.69, 9.17) is 4.74 Å². The average molecular weight is 230 g/mol. The van der Waals surface area contributed by atoms with Gasteiger partial charge in [0.25, 0.3) is 0 Å². The van der Waals surface area contributed by atoms with Gasteiger partial charge in [0.2, 0.25) is 5.91 Å². The van der Waals surface area contributed by atoms with Gasteiger partial charge in [0, 0.05) is 19.1 Å². The maximum atomic E-state index is 11.5. The summed E-state index contributed by atoms with van der Waals surface area (Å²) < 4.78 is 9.26. The van der Waals surface area contributed by atoms with Crippen molar-refractivity contribution in [1.82, 2.24) is 10.9 Å². The third-order valence-corrected chi connectivity index (χ3v) is 2.26. The van der Waals surface area contributed by atoms with E-state index in [-0.39, 0.29) is 11.8 Å². The normalized spacial score (nSPS) is 16.3. The number of amides is 2. The molecule has 1 saturated heterocycles. The largest absolute Gasteiger partial charge is 0.462 e. The van der Waals surface area contributed by atoms with Crippen molar-refractivity contribution in [2.45, 2.75) is 12.8 Å². The van der Waals surface area contributed by atoms with Crippen molar-refractivity contribution in [3.8, 4) is 0 Å². The van der Waals surface area contributed by atoms with Gasteiger partial charge in [-0.3, -0.25) is 20.4 Å². The molecule has 1 fully saturated rings. The number of rotatable bonds is 1. The zero-order chi connectivity index (χ0) is 12.0. The molecule has 1 heterocycles. The summed E-state index contributed by atoms with van der Waals surface area (Å²) in [6.45, 7) is 1.06. The maximum Gasteiger partial charge on any atom is 0.398 e. The zero-order valence-corrected chi connectivity index (χ0v) is 8.95. The lowest BCUT2D eigenvalue weighted by molar-refractivity contribution is -0.153. The molecule has 0 bridgehead atoms. The van der Waals surface area contributed by atoms with Crippen LogP contribution < -0.4 is 10.9 Å². The number of nitrogens with one attached hydrogen (secondary N) is 2. The maximum absolute atomic E-state index is 11.5. The van der Waals surface area contributed by atoms with Crippen LogP contribution in [0.2, 0.25) is 0 Å². The first-order valence-corrected chi connectivity index (χ1v) is 4.91. The smallest absolute Gasteiger partial charge is 0.398 e. The van der Waals surface area contributed by atoms with Crippen LogP contribution >= 0.6 is 0 Å². The van der Waals surface area contributed by atoms with Gasteiger partial charge < -0.3 is 9.47 Å². The Kier molecular flexibility index (Phi) is 4.71. The van der Waals surface area contributed by atoms with Gasteiger partial charge in [0.15, 0.2) is 0 Å². The molecule has 0 aliphatic carbocycles. The molecule has 0 atom stereocenters. The summed E-state index contributed by atoms with van der Waals surface area (Å²) in [6.07, 6.45) is 1.22. The first-order valence-electron chi connectivity index (χ1n) is 4.91. The summed E-state index contributed by atoms with van der Waals surface area (Å²) in [7, 11) is 1.09. The zero-order valence-electron chi connectivity index (χ0n) is 8.95. The van der Waals surface area contributed by atoms with Crippen LogP contribution in [0.15, 0.2) is 0 Å². The Hall–Kier alpha value is -1.63. The fourth-order valence-electron chi connectivity index (χ4n) is 1.32. The lowest BCUT2D eigenvalue weighted by Crippen LogP contribution is -2.48. The van der Waals surface area contributed by atoms with Crippen LogP contribution in [0.4, 0.5) is 0 Å². The van der Waals surface area contributed by atoms with E-state index in [2.05, 4.69) is 10.2 Å². The molecule has 90 valence electrons. The van der Waals surface area contributed by atoms with Gasteiger partial charge in [-0.2, -0.15) is 0 Å². The molecule has 1 rings (SSSR count). The minimum atomic E-state index is -1.05. The molecule has 16 heavy (non-hydrogen) atoms. The topological polar surface area (TPSA) is 93.7 Å². The summed E-state index contributed by atoms with van der Waals surface area (Å²) in [6, 6.07) is 0. The quantitative estimate of drug-likeness (QED) is 0.333. The van der Waals surface area contributed by atoms with Crippen molar-refractivity contribution in [1.29, 1.82) is 0 Å². The molecule has 1 aliphatic rings. The van der Waals surface area contributed by atoms with Crippen molar-refractivity contribution < 1.29 is 23.9 Å². The summed E-state index contributed by atoms with van der Waals surface area (Å²) in [4.78, 5) is 33.1. The average Bonchev–Trinajstić information content (AvgIpc) is 2.35. The highest BCUT2D eigenvalue weighted by Crippen LogP contribution is 2.13. The van der Waals surface area contributed by atoms with E-state index in [1.807, 2.05) is 5.43 Å². The van der Waals surface area contributed by atoms with Crippen molar-refractivity contribution in [2.24, 2.45) is 5.92 Å². The number of hydrazine groups is 1. The number of ether oxygens (including phenoxy) is 2. The van der Waals surface area contributed by atoms with Gasteiger partial charge in [-0.05, 0) is 12.8 Å². The predicted octanol–water partition coefficient (Wildman–Crippen LogP) is -1.27. The number of carbonyl (C=O) groups excluding carboxylic acids is 3. The Bertz CT molecular complexity index is 286. The molecule has 7 heteroatoms. The molecule has 7 nitrogen and oxygen atoms in total. The number of carbonyl (C=O) groups is 3. The van der Waals surface area contributed by atoms with E-state index in [0.717, 1.165) is 7.11 Å². The number of hydrogen-bond acceptors (Lipinski definition) is 5. The highest BCUT2D eigenvalue weighted by molar-refractivity contribution is 6.32. The summed E-state index contributed by atoms with van der Waals surface area (Å²) in [5, 5.41) is 0. The lowest BCUT2D eigenvalue weighted by Gasteiger charge is -2.20. The molecule has 0 saturated carbocycles. The monoisotopic (exact) mass is 230 g/mol. The standard InChI is InChI=1S/C9H14N2O5/c1-15-9(14)8(13)11-10-7(12)6-2-4-16-5-3-6/h6H,2-5H2,1H3,(H,10,12)(H,11,13). The van der Waals surface area contributed by atoms with Gasteiger partial charge in [0.05, 0.1) is 7.11 Å². The molecular weight excluding hydrogens is 216 g/mol. The molecule has 1 aliphatic heterocycles. The fourth-order valence-corrected chi connectivity index (χ4v) is 1.32. The van der Waals surface area contributed by atoms with Crippen molar-refractivity contribution in [3.05, 3.63) is 0 Å². The summed E-state index contributed by atoms with van der Waals surface area (Å²) in [5.74, 6) is -2.55. The highest BCUT2D eigenvalue weighted by atomic mass is 16.5. The van der Waals surface area contributed by atoms with E-state index in [9.17, 15) is 14.4 Å². The minimum Gasteiger partial charge on any atom is -0.462 e. The van der Waals surface area contributed by atoms with Crippen molar-refractivity contribution >= 4 is 17.8 Å². The van der Waals surface area contributed by atoms with Crippen LogP contribution in [-0.4, -0.2) is 38.1 Å². The van der Waals surface area contributed by atoms with Crippen LogP contribution in [0.5, 0.6) is 0 Å². The third-order valence-electron chi connectivity index (χ3n) is 2.26. The molecule has 0 aromatic heterocycles. The molecule has 0 aromatic rings. The molecule has 0 spiro atoms. The Morgan fingerprint density at radius 2 is 1.81 bits per heavy atom. The Labute approximate surface area is 92.4 Å². The second-order valence-electron chi connectivity index (χ2n) is 3.32. The lowest BCUT2D eigenvalue weighted by atomic mass is 10.00. The molecule has 2 amide bonds. The first kappa shape index (κ1) is 12.4. The van der Waals surface area contributed by atoms with Crippen LogP contribution in [-0.2, 0) is 23.9 Å². The van der Waals surface area contributed by atoms with Crippen molar-refractivity contribution in [3.63, 3.8) is 0 Å². The number of methoxy groups -OCH3 is 1. The van der Waals surface area contributed by atoms with E-state index >= 15 is 0 Å². The third kappa shape index (κ3) is 3.50. The van der Waals surface area contributed by atoms with Gasteiger partial charge >= 0.3 is 11.9 Å². The predicted molar refractivity (Wildman–Crippen MR) is 51.8 cm³/mol. The van der Waals surface area contributed by atoms with Gasteiger partial charge in [-0.15, -0.1) is 0 Å². The summed E-state index contributed by atoms with van der Waals surface area (Å²) >= 11 is 0. The molecule has 2 N–H and O–H groups in total. The van der Waals surface area contributed by atoms with Gasteiger partial charge in [-0.25, -0.2) is 4.79 Å². The van der Waals surface area contributed by atoms with E-state index < -0.39 is 11.9 Å². The molecule has 0 radical (unpaired) electrons.